The number of sulfone groups is 1. The number of aliphatic carboxylic acids is 1. The molecule has 2 heterocycles. The predicted molar refractivity (Wildman–Crippen MR) is 67.2 cm³/mol. The fourth-order valence-electron chi connectivity index (χ4n) is 1.88. The summed E-state index contributed by atoms with van der Waals surface area (Å²) in [4.78, 5) is 10.3. The molecule has 20 heavy (non-hydrogen) atoms. The van der Waals surface area contributed by atoms with Gasteiger partial charge >= 0.3 is 5.97 Å². The van der Waals surface area contributed by atoms with E-state index in [1.807, 2.05) is 0 Å². The van der Waals surface area contributed by atoms with Crippen molar-refractivity contribution in [1.82, 2.24) is 14.5 Å². The Hall–Kier alpha value is -1.46. The van der Waals surface area contributed by atoms with Crippen LogP contribution in [-0.2, 0) is 31.2 Å². The molecule has 1 atom stereocenters. The van der Waals surface area contributed by atoms with Gasteiger partial charge in [-0.3, -0.25) is 9.48 Å². The van der Waals surface area contributed by atoms with Gasteiger partial charge in [-0.2, -0.15) is 5.10 Å². The largest absolute Gasteiger partial charge is 0.480 e. The smallest absolute Gasteiger partial charge is 0.325 e. The number of sulfonamides is 1. The SMILES string of the molecule is O=C(O)Cn1cc(S(=O)(=O)NC2CCS(=O)(=O)C2)cn1. The van der Waals surface area contributed by atoms with E-state index in [-0.39, 0.29) is 22.8 Å². The highest BCUT2D eigenvalue weighted by Crippen LogP contribution is 2.15. The molecule has 2 rings (SSSR count). The van der Waals surface area contributed by atoms with E-state index >= 15 is 0 Å². The summed E-state index contributed by atoms with van der Waals surface area (Å²) >= 11 is 0. The number of aromatic nitrogens is 2. The van der Waals surface area contributed by atoms with E-state index in [1.165, 1.54) is 0 Å². The summed E-state index contributed by atoms with van der Waals surface area (Å²) in [6.45, 7) is -0.451. The van der Waals surface area contributed by atoms with E-state index < -0.39 is 38.4 Å². The molecule has 2 N–H and O–H groups in total. The highest BCUT2D eigenvalue weighted by Gasteiger charge is 2.31. The highest BCUT2D eigenvalue weighted by molar-refractivity contribution is 7.92. The monoisotopic (exact) mass is 323 g/mol. The van der Waals surface area contributed by atoms with Gasteiger partial charge in [-0.1, -0.05) is 0 Å². The van der Waals surface area contributed by atoms with E-state index in [0.717, 1.165) is 17.1 Å². The van der Waals surface area contributed by atoms with Crippen LogP contribution in [0.2, 0.25) is 0 Å². The lowest BCUT2D eigenvalue weighted by atomic mass is 10.3. The molecule has 0 bridgehead atoms. The first-order valence-electron chi connectivity index (χ1n) is 5.65. The first kappa shape index (κ1) is 14.9. The van der Waals surface area contributed by atoms with Crippen LogP contribution in [0.15, 0.2) is 17.3 Å². The third-order valence-electron chi connectivity index (χ3n) is 2.77. The lowest BCUT2D eigenvalue weighted by Gasteiger charge is -2.09. The Bertz CT molecular complexity index is 721. The van der Waals surface area contributed by atoms with Gasteiger partial charge in [0.15, 0.2) is 9.84 Å². The summed E-state index contributed by atoms with van der Waals surface area (Å²) in [5.41, 5.74) is 0. The normalized spacial score (nSPS) is 21.9. The summed E-state index contributed by atoms with van der Waals surface area (Å²) < 4.78 is 49.8. The summed E-state index contributed by atoms with van der Waals surface area (Å²) in [5.74, 6) is -1.42. The number of rotatable bonds is 5. The van der Waals surface area contributed by atoms with Crippen molar-refractivity contribution in [1.29, 1.82) is 0 Å². The second-order valence-electron chi connectivity index (χ2n) is 4.49. The van der Waals surface area contributed by atoms with Crippen LogP contribution in [-0.4, -0.2) is 55.2 Å². The molecule has 0 saturated carbocycles. The average molecular weight is 323 g/mol. The number of carbonyl (C=O) groups is 1. The summed E-state index contributed by atoms with van der Waals surface area (Å²) in [6, 6.07) is -0.659. The number of hydrogen-bond donors (Lipinski definition) is 2. The second kappa shape index (κ2) is 5.14. The van der Waals surface area contributed by atoms with E-state index in [4.69, 9.17) is 5.11 Å². The fourth-order valence-corrected chi connectivity index (χ4v) is 4.89. The lowest BCUT2D eigenvalue weighted by Crippen LogP contribution is -2.35. The molecule has 1 fully saturated rings. The molecular weight excluding hydrogens is 310 g/mol. The van der Waals surface area contributed by atoms with Crippen molar-refractivity contribution in [2.24, 2.45) is 0 Å². The van der Waals surface area contributed by atoms with Crippen molar-refractivity contribution in [3.8, 4) is 0 Å². The first-order valence-corrected chi connectivity index (χ1v) is 8.95. The van der Waals surface area contributed by atoms with Crippen LogP contribution in [0.1, 0.15) is 6.42 Å². The molecule has 11 heteroatoms. The molecule has 0 amide bonds. The first-order chi connectivity index (χ1) is 9.18. The minimum Gasteiger partial charge on any atom is -0.480 e. The Labute approximate surface area is 115 Å². The Morgan fingerprint density at radius 3 is 2.80 bits per heavy atom. The molecule has 1 aromatic heterocycles. The summed E-state index contributed by atoms with van der Waals surface area (Å²) in [7, 11) is -7.09. The fraction of sp³-hybridized carbons (Fsp3) is 0.556. The van der Waals surface area contributed by atoms with Gasteiger partial charge in [-0.25, -0.2) is 21.6 Å². The quantitative estimate of drug-likeness (QED) is 0.668. The molecule has 0 spiro atoms. The zero-order valence-electron chi connectivity index (χ0n) is 10.3. The molecule has 0 aromatic carbocycles. The number of carboxylic acid groups (broad SMARTS) is 1. The van der Waals surface area contributed by atoms with Gasteiger partial charge in [0.1, 0.15) is 11.4 Å². The van der Waals surface area contributed by atoms with Crippen LogP contribution in [0.25, 0.3) is 0 Å². The Morgan fingerprint density at radius 1 is 1.55 bits per heavy atom. The van der Waals surface area contributed by atoms with Crippen LogP contribution < -0.4 is 4.72 Å². The van der Waals surface area contributed by atoms with Crippen LogP contribution >= 0.6 is 0 Å². The van der Waals surface area contributed by atoms with Crippen LogP contribution in [0.4, 0.5) is 0 Å². The van der Waals surface area contributed by atoms with Crippen molar-refractivity contribution < 1.29 is 26.7 Å². The van der Waals surface area contributed by atoms with Gasteiger partial charge in [0.2, 0.25) is 10.0 Å². The van der Waals surface area contributed by atoms with Crippen molar-refractivity contribution in [3.05, 3.63) is 12.4 Å². The third kappa shape index (κ3) is 3.55. The van der Waals surface area contributed by atoms with Crippen molar-refractivity contribution in [2.45, 2.75) is 23.9 Å². The van der Waals surface area contributed by atoms with Crippen molar-refractivity contribution in [2.75, 3.05) is 11.5 Å². The molecule has 1 unspecified atom stereocenters. The predicted octanol–water partition coefficient (Wildman–Crippen LogP) is -1.57. The number of hydrogen-bond acceptors (Lipinski definition) is 6. The number of nitrogens with one attached hydrogen (secondary N) is 1. The standard InChI is InChI=1S/C9H13N3O6S2/c13-9(14)5-12-4-8(3-10-12)20(17,18)11-7-1-2-19(15,16)6-7/h3-4,7,11H,1-2,5-6H2,(H,13,14). The molecule has 1 aromatic rings. The van der Waals surface area contributed by atoms with Crippen molar-refractivity contribution in [3.63, 3.8) is 0 Å². The Kier molecular flexibility index (Phi) is 3.84. The Morgan fingerprint density at radius 2 is 2.25 bits per heavy atom. The topological polar surface area (TPSA) is 135 Å². The maximum absolute atomic E-state index is 12.0. The van der Waals surface area contributed by atoms with E-state index in [9.17, 15) is 21.6 Å². The zero-order chi connectivity index (χ0) is 15.0. The molecule has 1 aliphatic heterocycles. The Balaban J connectivity index is 2.11. The molecule has 0 aliphatic carbocycles. The summed E-state index contributed by atoms with van der Waals surface area (Å²) in [6.07, 6.45) is 2.33. The van der Waals surface area contributed by atoms with Gasteiger partial charge < -0.3 is 5.11 Å². The van der Waals surface area contributed by atoms with Gasteiger partial charge in [-0.15, -0.1) is 0 Å². The summed E-state index contributed by atoms with van der Waals surface area (Å²) in [5, 5.41) is 12.2. The zero-order valence-corrected chi connectivity index (χ0v) is 11.9. The van der Waals surface area contributed by atoms with Gasteiger partial charge in [-0.05, 0) is 6.42 Å². The highest BCUT2D eigenvalue weighted by atomic mass is 32.2. The van der Waals surface area contributed by atoms with Crippen LogP contribution in [0.3, 0.4) is 0 Å². The van der Waals surface area contributed by atoms with Crippen LogP contribution in [0, 0.1) is 0 Å². The minimum atomic E-state index is -3.90. The molecule has 112 valence electrons. The minimum absolute atomic E-state index is 0.0432. The van der Waals surface area contributed by atoms with E-state index in [2.05, 4.69) is 9.82 Å². The number of carboxylic acids is 1. The van der Waals surface area contributed by atoms with Gasteiger partial charge in [0, 0.05) is 12.2 Å². The van der Waals surface area contributed by atoms with Gasteiger partial charge in [0.25, 0.3) is 0 Å². The maximum Gasteiger partial charge on any atom is 0.325 e. The number of nitrogens with zero attached hydrogens (tertiary/aromatic N) is 2. The maximum atomic E-state index is 12.0. The average Bonchev–Trinajstić information content (AvgIpc) is 2.84. The van der Waals surface area contributed by atoms with Crippen LogP contribution in [0.5, 0.6) is 0 Å². The van der Waals surface area contributed by atoms with Crippen molar-refractivity contribution >= 4 is 25.8 Å². The van der Waals surface area contributed by atoms with E-state index in [1.54, 1.807) is 0 Å². The lowest BCUT2D eigenvalue weighted by molar-refractivity contribution is -0.137. The molecule has 1 saturated heterocycles. The second-order valence-corrected chi connectivity index (χ2v) is 8.43. The molecular formula is C9H13N3O6S2. The molecule has 0 radical (unpaired) electrons. The molecule has 9 nitrogen and oxygen atoms in total. The molecule has 1 aliphatic rings. The third-order valence-corrected chi connectivity index (χ3v) is 6.01. The van der Waals surface area contributed by atoms with Gasteiger partial charge in [0.05, 0.1) is 17.7 Å². The van der Waals surface area contributed by atoms with E-state index in [0.29, 0.717) is 0 Å².